The number of aromatic nitrogens is 3. The van der Waals surface area contributed by atoms with Gasteiger partial charge in [0.1, 0.15) is 5.82 Å². The highest BCUT2D eigenvalue weighted by Crippen LogP contribution is 2.32. The van der Waals surface area contributed by atoms with E-state index in [9.17, 15) is 0 Å². The molecule has 1 saturated carbocycles. The molecular weight excluding hydrogens is 210 g/mol. The Labute approximate surface area is 101 Å². The molecule has 0 aliphatic heterocycles. The lowest BCUT2D eigenvalue weighted by Gasteiger charge is -2.02. The molecule has 3 nitrogen and oxygen atoms in total. The Bertz CT molecular complexity index is 510. The van der Waals surface area contributed by atoms with Crippen LogP contribution in [0.5, 0.6) is 0 Å². The normalized spacial score (nSPS) is 16.5. The number of nitrogens with zero attached hydrogens (tertiary/aromatic N) is 2. The van der Waals surface area contributed by atoms with Crippen LogP contribution in [0.15, 0.2) is 24.3 Å². The molecule has 0 saturated heterocycles. The Morgan fingerprint density at radius 1 is 1.18 bits per heavy atom. The van der Waals surface area contributed by atoms with Crippen LogP contribution < -0.4 is 0 Å². The Kier molecular flexibility index (Phi) is 2.67. The molecule has 3 rings (SSSR count). The second-order valence-corrected chi connectivity index (χ2v) is 4.84. The minimum absolute atomic E-state index is 0.597. The van der Waals surface area contributed by atoms with E-state index < -0.39 is 0 Å². The molecule has 0 atom stereocenters. The minimum Gasteiger partial charge on any atom is -0.262 e. The Morgan fingerprint density at radius 2 is 1.94 bits per heavy atom. The number of hydrogen-bond donors (Lipinski definition) is 1. The summed E-state index contributed by atoms with van der Waals surface area (Å²) < 4.78 is 0. The van der Waals surface area contributed by atoms with Gasteiger partial charge in [-0.05, 0) is 25.3 Å². The van der Waals surface area contributed by atoms with Gasteiger partial charge in [0.15, 0.2) is 5.82 Å². The molecule has 17 heavy (non-hydrogen) atoms. The first kappa shape index (κ1) is 10.5. The lowest BCUT2D eigenvalue weighted by Crippen LogP contribution is -1.94. The van der Waals surface area contributed by atoms with Crippen molar-refractivity contribution in [1.82, 2.24) is 15.2 Å². The molecule has 1 N–H and O–H groups in total. The van der Waals surface area contributed by atoms with Crippen molar-refractivity contribution < 1.29 is 0 Å². The van der Waals surface area contributed by atoms with Gasteiger partial charge < -0.3 is 0 Å². The SMILES string of the molecule is Cc1ccccc1-c1n[nH]c(C2CCCC2)n1. The predicted molar refractivity (Wildman–Crippen MR) is 67.8 cm³/mol. The zero-order valence-electron chi connectivity index (χ0n) is 10.1. The highest BCUT2D eigenvalue weighted by Gasteiger charge is 2.21. The van der Waals surface area contributed by atoms with E-state index in [0.29, 0.717) is 5.92 Å². The molecule has 0 amide bonds. The lowest BCUT2D eigenvalue weighted by molar-refractivity contribution is 0.672. The molecule has 1 aromatic heterocycles. The quantitative estimate of drug-likeness (QED) is 0.853. The summed E-state index contributed by atoms with van der Waals surface area (Å²) in [6.45, 7) is 2.10. The maximum Gasteiger partial charge on any atom is 0.181 e. The van der Waals surface area contributed by atoms with Crippen molar-refractivity contribution in [3.63, 3.8) is 0 Å². The van der Waals surface area contributed by atoms with Crippen molar-refractivity contribution in [1.29, 1.82) is 0 Å². The van der Waals surface area contributed by atoms with Crippen molar-refractivity contribution in [2.75, 3.05) is 0 Å². The summed E-state index contributed by atoms with van der Waals surface area (Å²) in [6.07, 6.45) is 5.15. The monoisotopic (exact) mass is 227 g/mol. The zero-order chi connectivity index (χ0) is 11.7. The second-order valence-electron chi connectivity index (χ2n) is 4.84. The Morgan fingerprint density at radius 3 is 2.71 bits per heavy atom. The van der Waals surface area contributed by atoms with Gasteiger partial charge in [-0.15, -0.1) is 0 Å². The van der Waals surface area contributed by atoms with Crippen molar-refractivity contribution in [3.05, 3.63) is 35.7 Å². The van der Waals surface area contributed by atoms with Gasteiger partial charge in [0, 0.05) is 11.5 Å². The fraction of sp³-hybridized carbons (Fsp3) is 0.429. The molecule has 1 heterocycles. The largest absolute Gasteiger partial charge is 0.262 e. The molecule has 1 fully saturated rings. The summed E-state index contributed by atoms with van der Waals surface area (Å²) in [6, 6.07) is 8.26. The second kappa shape index (κ2) is 4.32. The summed E-state index contributed by atoms with van der Waals surface area (Å²) in [5.41, 5.74) is 2.36. The third-order valence-electron chi connectivity index (χ3n) is 3.63. The first-order valence-corrected chi connectivity index (χ1v) is 6.33. The van der Waals surface area contributed by atoms with Crippen LogP contribution in [-0.2, 0) is 0 Å². The van der Waals surface area contributed by atoms with E-state index in [1.807, 2.05) is 12.1 Å². The molecule has 1 aromatic carbocycles. The third kappa shape index (κ3) is 1.97. The van der Waals surface area contributed by atoms with Gasteiger partial charge in [-0.1, -0.05) is 37.1 Å². The van der Waals surface area contributed by atoms with Crippen LogP contribution >= 0.6 is 0 Å². The first-order chi connectivity index (χ1) is 8.34. The molecule has 0 radical (unpaired) electrons. The van der Waals surface area contributed by atoms with Crippen LogP contribution in [0.25, 0.3) is 11.4 Å². The van der Waals surface area contributed by atoms with Crippen LogP contribution in [0.3, 0.4) is 0 Å². The van der Waals surface area contributed by atoms with E-state index in [1.165, 1.54) is 31.2 Å². The molecule has 3 heteroatoms. The van der Waals surface area contributed by atoms with Crippen molar-refractivity contribution in [2.45, 2.75) is 38.5 Å². The fourth-order valence-corrected chi connectivity index (χ4v) is 2.60. The molecule has 0 spiro atoms. The molecule has 2 aromatic rings. The van der Waals surface area contributed by atoms with E-state index >= 15 is 0 Å². The highest BCUT2D eigenvalue weighted by molar-refractivity contribution is 5.59. The van der Waals surface area contributed by atoms with E-state index in [1.54, 1.807) is 0 Å². The third-order valence-corrected chi connectivity index (χ3v) is 3.63. The molecule has 0 unspecified atom stereocenters. The summed E-state index contributed by atoms with van der Waals surface area (Å²) in [5, 5.41) is 7.47. The van der Waals surface area contributed by atoms with E-state index in [2.05, 4.69) is 34.2 Å². The van der Waals surface area contributed by atoms with Gasteiger partial charge in [0.25, 0.3) is 0 Å². The summed E-state index contributed by atoms with van der Waals surface area (Å²) in [7, 11) is 0. The molecule has 1 aliphatic carbocycles. The Hall–Kier alpha value is -1.64. The number of nitrogens with one attached hydrogen (secondary N) is 1. The van der Waals surface area contributed by atoms with E-state index in [0.717, 1.165) is 17.2 Å². The number of benzene rings is 1. The summed E-state index contributed by atoms with van der Waals surface area (Å²) in [5.74, 6) is 2.51. The van der Waals surface area contributed by atoms with Gasteiger partial charge in [-0.25, -0.2) is 4.98 Å². The van der Waals surface area contributed by atoms with E-state index in [-0.39, 0.29) is 0 Å². The van der Waals surface area contributed by atoms with Crippen molar-refractivity contribution in [3.8, 4) is 11.4 Å². The summed E-state index contributed by atoms with van der Waals surface area (Å²) >= 11 is 0. The Balaban J connectivity index is 1.92. The van der Waals surface area contributed by atoms with Crippen LogP contribution in [0.1, 0.15) is 43.0 Å². The minimum atomic E-state index is 0.597. The zero-order valence-corrected chi connectivity index (χ0v) is 10.1. The maximum atomic E-state index is 4.66. The summed E-state index contributed by atoms with van der Waals surface area (Å²) in [4.78, 5) is 4.66. The smallest absolute Gasteiger partial charge is 0.181 e. The average Bonchev–Trinajstić information content (AvgIpc) is 3.00. The van der Waals surface area contributed by atoms with Crippen LogP contribution in [0, 0.1) is 6.92 Å². The van der Waals surface area contributed by atoms with Crippen molar-refractivity contribution >= 4 is 0 Å². The van der Waals surface area contributed by atoms with Crippen molar-refractivity contribution in [2.24, 2.45) is 0 Å². The number of H-pyrrole nitrogens is 1. The van der Waals surface area contributed by atoms with Gasteiger partial charge in [-0.3, -0.25) is 5.10 Å². The number of hydrogen-bond acceptors (Lipinski definition) is 2. The van der Waals surface area contributed by atoms with Gasteiger partial charge in [0.05, 0.1) is 0 Å². The highest BCUT2D eigenvalue weighted by atomic mass is 15.2. The number of aryl methyl sites for hydroxylation is 1. The topological polar surface area (TPSA) is 41.6 Å². The molecule has 0 bridgehead atoms. The standard InChI is InChI=1S/C14H17N3/c1-10-6-2-5-9-12(10)14-15-13(16-17-14)11-7-3-4-8-11/h2,5-6,9,11H,3-4,7-8H2,1H3,(H,15,16,17). The number of rotatable bonds is 2. The molecular formula is C14H17N3. The van der Waals surface area contributed by atoms with Crippen LogP contribution in [0.4, 0.5) is 0 Å². The van der Waals surface area contributed by atoms with Crippen LogP contribution in [-0.4, -0.2) is 15.2 Å². The number of aromatic amines is 1. The average molecular weight is 227 g/mol. The fourth-order valence-electron chi connectivity index (χ4n) is 2.60. The van der Waals surface area contributed by atoms with Crippen LogP contribution in [0.2, 0.25) is 0 Å². The van der Waals surface area contributed by atoms with Gasteiger partial charge in [-0.2, -0.15) is 5.10 Å². The molecule has 88 valence electrons. The predicted octanol–water partition coefficient (Wildman–Crippen LogP) is 3.44. The van der Waals surface area contributed by atoms with Gasteiger partial charge in [0.2, 0.25) is 0 Å². The molecule has 1 aliphatic rings. The van der Waals surface area contributed by atoms with E-state index in [4.69, 9.17) is 0 Å². The van der Waals surface area contributed by atoms with Gasteiger partial charge >= 0.3 is 0 Å². The maximum absolute atomic E-state index is 4.66. The lowest BCUT2D eigenvalue weighted by atomic mass is 10.1. The first-order valence-electron chi connectivity index (χ1n) is 6.33.